The van der Waals surface area contributed by atoms with E-state index < -0.39 is 0 Å². The molecule has 1 N–H and O–H groups in total. The third-order valence-corrected chi connectivity index (χ3v) is 2.40. The summed E-state index contributed by atoms with van der Waals surface area (Å²) in [7, 11) is 1.83. The Morgan fingerprint density at radius 3 is 2.50 bits per heavy atom. The fourth-order valence-electron chi connectivity index (χ4n) is 1.51. The van der Waals surface area contributed by atoms with Crippen molar-refractivity contribution in [3.05, 3.63) is 35.9 Å². The molecule has 1 atom stereocenters. The van der Waals surface area contributed by atoms with E-state index >= 15 is 0 Å². The van der Waals surface area contributed by atoms with Crippen molar-refractivity contribution in [2.24, 2.45) is 0 Å². The van der Waals surface area contributed by atoms with Gasteiger partial charge in [0.05, 0.1) is 6.04 Å². The molecule has 2 nitrogen and oxygen atoms in total. The summed E-state index contributed by atoms with van der Waals surface area (Å²) in [4.78, 5) is 11.1. The van der Waals surface area contributed by atoms with E-state index in [1.165, 1.54) is 5.56 Å². The molecule has 0 aliphatic carbocycles. The largest absolute Gasteiger partial charge is 0.311 e. The highest BCUT2D eigenvalue weighted by Gasteiger charge is 2.10. The van der Waals surface area contributed by atoms with Gasteiger partial charge in [0.25, 0.3) is 0 Å². The number of likely N-dealkylation sites (N-methyl/N-ethyl adjacent to an activating group) is 1. The van der Waals surface area contributed by atoms with Gasteiger partial charge in [0.1, 0.15) is 5.78 Å². The monoisotopic (exact) mass is 191 g/mol. The topological polar surface area (TPSA) is 29.1 Å². The van der Waals surface area contributed by atoms with E-state index in [0.717, 1.165) is 12.8 Å². The standard InChI is InChI=1S/C12H17NO/c1-10(14)12(13-2)9-8-11-6-4-3-5-7-11/h3-7,12-13H,8-9H2,1-2H3/t12-/m0/s1. The van der Waals surface area contributed by atoms with Gasteiger partial charge >= 0.3 is 0 Å². The van der Waals surface area contributed by atoms with Crippen LogP contribution in [0.15, 0.2) is 30.3 Å². The molecule has 1 rings (SSSR count). The summed E-state index contributed by atoms with van der Waals surface area (Å²) < 4.78 is 0. The number of aryl methyl sites for hydroxylation is 1. The Bertz CT molecular complexity index is 282. The number of carbonyl (C=O) groups is 1. The van der Waals surface area contributed by atoms with Crippen molar-refractivity contribution in [2.45, 2.75) is 25.8 Å². The van der Waals surface area contributed by atoms with Crippen LogP contribution in [0.5, 0.6) is 0 Å². The lowest BCUT2D eigenvalue weighted by Gasteiger charge is -2.11. The Morgan fingerprint density at radius 1 is 1.36 bits per heavy atom. The number of carbonyl (C=O) groups excluding carboxylic acids is 1. The van der Waals surface area contributed by atoms with Crippen molar-refractivity contribution in [2.75, 3.05) is 7.05 Å². The van der Waals surface area contributed by atoms with E-state index in [2.05, 4.69) is 17.4 Å². The molecule has 76 valence electrons. The molecule has 0 bridgehead atoms. The third kappa shape index (κ3) is 3.30. The number of nitrogens with one attached hydrogen (secondary N) is 1. The molecule has 0 aromatic heterocycles. The summed E-state index contributed by atoms with van der Waals surface area (Å²) in [6, 6.07) is 10.2. The first-order chi connectivity index (χ1) is 6.74. The Morgan fingerprint density at radius 2 is 2.00 bits per heavy atom. The van der Waals surface area contributed by atoms with E-state index in [9.17, 15) is 4.79 Å². The SMILES string of the molecule is CN[C@@H](CCc1ccccc1)C(C)=O. The Hall–Kier alpha value is -1.15. The number of Topliss-reactive ketones (excluding diaryl/α,β-unsaturated/α-hetero) is 1. The zero-order valence-electron chi connectivity index (χ0n) is 8.79. The fourth-order valence-corrected chi connectivity index (χ4v) is 1.51. The van der Waals surface area contributed by atoms with Crippen LogP contribution in [-0.2, 0) is 11.2 Å². The van der Waals surface area contributed by atoms with Gasteiger partial charge in [-0.25, -0.2) is 0 Å². The van der Waals surface area contributed by atoms with Gasteiger partial charge in [-0.15, -0.1) is 0 Å². The van der Waals surface area contributed by atoms with Crippen molar-refractivity contribution < 1.29 is 4.79 Å². The molecular formula is C12H17NO. The molecule has 0 amide bonds. The summed E-state index contributed by atoms with van der Waals surface area (Å²) in [6.07, 6.45) is 1.82. The quantitative estimate of drug-likeness (QED) is 0.769. The van der Waals surface area contributed by atoms with Crippen molar-refractivity contribution in [1.29, 1.82) is 0 Å². The van der Waals surface area contributed by atoms with Crippen LogP contribution < -0.4 is 5.32 Å². The minimum Gasteiger partial charge on any atom is -0.311 e. The van der Waals surface area contributed by atoms with Gasteiger partial charge in [0.2, 0.25) is 0 Å². The number of hydrogen-bond donors (Lipinski definition) is 1. The summed E-state index contributed by atoms with van der Waals surface area (Å²) in [6.45, 7) is 1.63. The molecule has 0 unspecified atom stereocenters. The van der Waals surface area contributed by atoms with Gasteiger partial charge in [-0.2, -0.15) is 0 Å². The smallest absolute Gasteiger partial charge is 0.146 e. The predicted octanol–water partition coefficient (Wildman–Crippen LogP) is 1.80. The Kier molecular flexibility index (Phi) is 4.33. The highest BCUT2D eigenvalue weighted by molar-refractivity contribution is 5.81. The molecule has 2 heteroatoms. The number of rotatable bonds is 5. The first-order valence-electron chi connectivity index (χ1n) is 4.95. The van der Waals surface area contributed by atoms with Crippen LogP contribution in [0.2, 0.25) is 0 Å². The molecule has 0 aliphatic heterocycles. The third-order valence-electron chi connectivity index (χ3n) is 2.40. The molecule has 0 fully saturated rings. The predicted molar refractivity (Wildman–Crippen MR) is 58.3 cm³/mol. The lowest BCUT2D eigenvalue weighted by atomic mass is 10.0. The average molecular weight is 191 g/mol. The molecule has 0 spiro atoms. The molecule has 0 aliphatic rings. The lowest BCUT2D eigenvalue weighted by molar-refractivity contribution is -0.119. The van der Waals surface area contributed by atoms with Crippen molar-refractivity contribution >= 4 is 5.78 Å². The molecule has 1 aromatic carbocycles. The van der Waals surface area contributed by atoms with E-state index in [0.29, 0.717) is 0 Å². The normalized spacial score (nSPS) is 12.4. The summed E-state index contributed by atoms with van der Waals surface area (Å²) >= 11 is 0. The molecular weight excluding hydrogens is 174 g/mol. The number of ketones is 1. The molecule has 0 saturated heterocycles. The lowest BCUT2D eigenvalue weighted by Crippen LogP contribution is -2.32. The molecule has 14 heavy (non-hydrogen) atoms. The van der Waals surface area contributed by atoms with Gasteiger partial charge in [-0.1, -0.05) is 30.3 Å². The second kappa shape index (κ2) is 5.55. The zero-order chi connectivity index (χ0) is 10.4. The van der Waals surface area contributed by atoms with Gasteiger partial charge in [-0.05, 0) is 32.4 Å². The minimum atomic E-state index is -0.00444. The zero-order valence-corrected chi connectivity index (χ0v) is 8.79. The Balaban J connectivity index is 2.44. The minimum absolute atomic E-state index is 0.00444. The summed E-state index contributed by atoms with van der Waals surface area (Å²) in [5.74, 6) is 0.212. The van der Waals surface area contributed by atoms with Crippen LogP contribution in [0.4, 0.5) is 0 Å². The second-order valence-corrected chi connectivity index (χ2v) is 3.48. The van der Waals surface area contributed by atoms with Crippen LogP contribution in [0.3, 0.4) is 0 Å². The van der Waals surface area contributed by atoms with Crippen LogP contribution in [0.1, 0.15) is 18.9 Å². The fraction of sp³-hybridized carbons (Fsp3) is 0.417. The van der Waals surface area contributed by atoms with Crippen molar-refractivity contribution in [1.82, 2.24) is 5.32 Å². The van der Waals surface area contributed by atoms with Gasteiger partial charge < -0.3 is 5.32 Å². The Labute approximate surface area is 85.3 Å². The highest BCUT2D eigenvalue weighted by atomic mass is 16.1. The van der Waals surface area contributed by atoms with Gasteiger partial charge in [0.15, 0.2) is 0 Å². The first kappa shape index (κ1) is 10.9. The van der Waals surface area contributed by atoms with Crippen molar-refractivity contribution in [3.63, 3.8) is 0 Å². The highest BCUT2D eigenvalue weighted by Crippen LogP contribution is 2.05. The maximum absolute atomic E-state index is 11.1. The summed E-state index contributed by atoms with van der Waals surface area (Å²) in [5.41, 5.74) is 1.29. The molecule has 1 aromatic rings. The van der Waals surface area contributed by atoms with Crippen molar-refractivity contribution in [3.8, 4) is 0 Å². The number of hydrogen-bond acceptors (Lipinski definition) is 2. The molecule has 0 heterocycles. The van der Waals surface area contributed by atoms with Gasteiger partial charge in [0, 0.05) is 0 Å². The van der Waals surface area contributed by atoms with E-state index in [1.807, 2.05) is 25.2 Å². The van der Waals surface area contributed by atoms with Crippen LogP contribution in [0.25, 0.3) is 0 Å². The van der Waals surface area contributed by atoms with Crippen LogP contribution in [-0.4, -0.2) is 18.9 Å². The number of benzene rings is 1. The summed E-state index contributed by atoms with van der Waals surface area (Å²) in [5, 5.41) is 3.02. The molecule has 0 radical (unpaired) electrons. The van der Waals surface area contributed by atoms with Gasteiger partial charge in [-0.3, -0.25) is 4.79 Å². The van der Waals surface area contributed by atoms with E-state index in [4.69, 9.17) is 0 Å². The van der Waals surface area contributed by atoms with E-state index in [1.54, 1.807) is 6.92 Å². The molecule has 0 saturated carbocycles. The van der Waals surface area contributed by atoms with E-state index in [-0.39, 0.29) is 11.8 Å². The van der Waals surface area contributed by atoms with Crippen LogP contribution in [0, 0.1) is 0 Å². The average Bonchev–Trinajstić information content (AvgIpc) is 2.20. The second-order valence-electron chi connectivity index (χ2n) is 3.48. The maximum atomic E-state index is 11.1. The first-order valence-corrected chi connectivity index (χ1v) is 4.95. The maximum Gasteiger partial charge on any atom is 0.146 e. The van der Waals surface area contributed by atoms with Crippen LogP contribution >= 0.6 is 0 Å².